The van der Waals surface area contributed by atoms with Gasteiger partial charge in [-0.1, -0.05) is 18.2 Å². The van der Waals surface area contributed by atoms with Crippen molar-refractivity contribution < 1.29 is 42.9 Å². The van der Waals surface area contributed by atoms with Crippen LogP contribution < -0.4 is 15.4 Å². The number of ether oxygens (including phenoxy) is 5. The maximum Gasteiger partial charge on any atom is 0.407 e. The number of aromatic amines is 2. The fourth-order valence-electron chi connectivity index (χ4n) is 10.5. The number of nitrogens with zero attached hydrogens (tertiary/aromatic N) is 4. The first-order valence-corrected chi connectivity index (χ1v) is 22.5. The van der Waals surface area contributed by atoms with Gasteiger partial charge in [0.15, 0.2) is 0 Å². The molecular formula is C47H54N8O9. The number of benzene rings is 3. The van der Waals surface area contributed by atoms with E-state index in [1.54, 1.807) is 0 Å². The van der Waals surface area contributed by atoms with E-state index in [0.29, 0.717) is 77.6 Å². The Morgan fingerprint density at radius 1 is 0.734 bits per heavy atom. The second kappa shape index (κ2) is 17.8. The minimum absolute atomic E-state index is 0.0404. The molecule has 17 heteroatoms. The maximum atomic E-state index is 14.2. The largest absolute Gasteiger partial charge is 0.488 e. The number of carbonyl (C=O) groups excluding carboxylic acids is 4. The van der Waals surface area contributed by atoms with Gasteiger partial charge in [-0.2, -0.15) is 0 Å². The topological polar surface area (TPSA) is 202 Å². The number of carbonyl (C=O) groups is 4. The predicted molar refractivity (Wildman–Crippen MR) is 234 cm³/mol. The number of H-pyrrole nitrogens is 2. The lowest BCUT2D eigenvalue weighted by atomic mass is 9.90. The van der Waals surface area contributed by atoms with Gasteiger partial charge in [0.1, 0.15) is 36.1 Å². The standard InChI is InChI=1S/C47H54N8O9/c1-60-46(58)52-39(26-11-17-62-18-12-26)44(56)54-15-3-5-36(54)42-48-24-35(50-42)29-7-9-31-30(21-29)25-64-38-23-32-28(22-33(31)38)8-10-34-41(32)51-43(49-34)37-6-4-16-55(37)45(57)40(53-47(59)61-2)27-13-19-63-20-14-27/h7-10,21-24,26-27,36-37,39-40H,3-6,11-20,25H2,1-2H3,(H,48,50)(H,49,51)(H,52,58)(H,53,59)/t36-,37-,39-,40-/m0/s1. The highest BCUT2D eigenvalue weighted by Gasteiger charge is 2.42. The number of rotatable bonds is 9. The number of methoxy groups -OCH3 is 2. The van der Waals surface area contributed by atoms with Gasteiger partial charge in [0, 0.05) is 50.5 Å². The van der Waals surface area contributed by atoms with Crippen LogP contribution in [0.3, 0.4) is 0 Å². The van der Waals surface area contributed by atoms with Gasteiger partial charge in [0.2, 0.25) is 11.8 Å². The summed E-state index contributed by atoms with van der Waals surface area (Å²) in [5, 5.41) is 7.65. The third-order valence-electron chi connectivity index (χ3n) is 13.9. The fourth-order valence-corrected chi connectivity index (χ4v) is 10.5. The first-order chi connectivity index (χ1) is 31.3. The molecule has 0 spiro atoms. The highest BCUT2D eigenvalue weighted by Crippen LogP contribution is 2.44. The van der Waals surface area contributed by atoms with Crippen molar-refractivity contribution in [3.8, 4) is 28.1 Å². The third-order valence-corrected chi connectivity index (χ3v) is 13.9. The summed E-state index contributed by atoms with van der Waals surface area (Å²) in [6.07, 6.45) is 6.49. The molecule has 4 atom stereocenters. The molecule has 17 nitrogen and oxygen atoms in total. The van der Waals surface area contributed by atoms with Gasteiger partial charge in [-0.3, -0.25) is 9.59 Å². The first-order valence-electron chi connectivity index (χ1n) is 22.5. The molecule has 7 heterocycles. The van der Waals surface area contributed by atoms with Gasteiger partial charge >= 0.3 is 12.2 Å². The van der Waals surface area contributed by atoms with Crippen molar-refractivity contribution in [2.75, 3.05) is 53.7 Å². The van der Waals surface area contributed by atoms with Gasteiger partial charge in [-0.15, -0.1) is 0 Å². The molecule has 0 unspecified atom stereocenters. The zero-order valence-corrected chi connectivity index (χ0v) is 36.2. The van der Waals surface area contributed by atoms with Crippen LogP contribution in [-0.2, 0) is 35.1 Å². The molecule has 64 heavy (non-hydrogen) atoms. The molecule has 4 fully saturated rings. The van der Waals surface area contributed by atoms with Crippen LogP contribution in [0.2, 0.25) is 0 Å². The zero-order valence-electron chi connectivity index (χ0n) is 36.2. The quantitative estimate of drug-likeness (QED) is 0.130. The Morgan fingerprint density at radius 3 is 1.98 bits per heavy atom. The summed E-state index contributed by atoms with van der Waals surface area (Å²) in [7, 11) is 2.62. The maximum absolute atomic E-state index is 14.2. The SMILES string of the molecule is COC(=O)N[C@H](C(=O)N1CCC[C@H]1c1ncc(-c2ccc3c(c2)COc2cc4c(ccc5nc([C@@H]6CCCN6C(=O)[C@@H](NC(=O)OC)C6CCOCC6)[nH]c54)cc2-3)[nH]1)C1CCOCC1. The summed E-state index contributed by atoms with van der Waals surface area (Å²) in [6.45, 7) is 3.73. The summed E-state index contributed by atoms with van der Waals surface area (Å²) in [5.74, 6) is 1.87. The van der Waals surface area contributed by atoms with Crippen LogP contribution in [0, 0.1) is 11.8 Å². The Balaban J connectivity index is 0.879. The molecule has 3 aromatic carbocycles. The number of imidazole rings is 2. The zero-order chi connectivity index (χ0) is 43.9. The van der Waals surface area contributed by atoms with Crippen LogP contribution >= 0.6 is 0 Å². The molecule has 0 radical (unpaired) electrons. The Morgan fingerprint density at radius 2 is 1.36 bits per heavy atom. The average Bonchev–Trinajstić information content (AvgIpc) is 4.19. The van der Waals surface area contributed by atoms with E-state index in [9.17, 15) is 19.2 Å². The van der Waals surface area contributed by atoms with E-state index >= 15 is 0 Å². The molecule has 4 saturated heterocycles. The lowest BCUT2D eigenvalue weighted by Crippen LogP contribution is -2.53. The Labute approximate surface area is 369 Å². The van der Waals surface area contributed by atoms with Crippen LogP contribution in [0.4, 0.5) is 9.59 Å². The summed E-state index contributed by atoms with van der Waals surface area (Å²) in [5.41, 5.74) is 6.61. The Bertz CT molecular complexity index is 2580. The molecule has 336 valence electrons. The number of alkyl carbamates (subject to hydrolysis) is 2. The second-order valence-electron chi connectivity index (χ2n) is 17.5. The monoisotopic (exact) mass is 874 g/mol. The van der Waals surface area contributed by atoms with Crippen LogP contribution in [0.5, 0.6) is 5.75 Å². The highest BCUT2D eigenvalue weighted by atomic mass is 16.5. The van der Waals surface area contributed by atoms with Crippen LogP contribution in [0.25, 0.3) is 44.2 Å². The number of likely N-dealkylation sites (tertiary alicyclic amines) is 2. The summed E-state index contributed by atoms with van der Waals surface area (Å²) in [6, 6.07) is 12.8. The van der Waals surface area contributed by atoms with Crippen molar-refractivity contribution in [2.45, 2.75) is 82.1 Å². The van der Waals surface area contributed by atoms with Gasteiger partial charge in [-0.25, -0.2) is 19.6 Å². The highest BCUT2D eigenvalue weighted by molar-refractivity contribution is 6.07. The minimum atomic E-state index is -0.707. The number of fused-ring (bicyclic) bond motifs is 6. The molecule has 5 aliphatic rings. The van der Waals surface area contributed by atoms with Crippen molar-refractivity contribution in [1.29, 1.82) is 0 Å². The van der Waals surface area contributed by atoms with Crippen molar-refractivity contribution in [1.82, 2.24) is 40.4 Å². The summed E-state index contributed by atoms with van der Waals surface area (Å²) >= 11 is 0. The molecule has 4 amide bonds. The number of nitrogens with one attached hydrogen (secondary N) is 4. The molecule has 0 aliphatic carbocycles. The normalized spacial score (nSPS) is 21.2. The number of hydrogen-bond acceptors (Lipinski definition) is 11. The number of aromatic nitrogens is 4. The molecule has 5 aliphatic heterocycles. The van der Waals surface area contributed by atoms with E-state index in [1.165, 1.54) is 14.2 Å². The molecule has 2 aromatic heterocycles. The smallest absolute Gasteiger partial charge is 0.407 e. The van der Waals surface area contributed by atoms with Crippen molar-refractivity contribution in [3.63, 3.8) is 0 Å². The number of hydrogen-bond donors (Lipinski definition) is 4. The molecular weight excluding hydrogens is 821 g/mol. The molecule has 4 N–H and O–H groups in total. The Kier molecular flexibility index (Phi) is 11.6. The van der Waals surface area contributed by atoms with E-state index in [0.717, 1.165) is 87.0 Å². The van der Waals surface area contributed by atoms with Gasteiger partial charge in [-0.05, 0) is 110 Å². The lowest BCUT2D eigenvalue weighted by molar-refractivity contribution is -0.137. The van der Waals surface area contributed by atoms with E-state index in [1.807, 2.05) is 22.1 Å². The lowest BCUT2D eigenvalue weighted by Gasteiger charge is -2.34. The first kappa shape index (κ1) is 41.8. The van der Waals surface area contributed by atoms with E-state index in [4.69, 9.17) is 33.7 Å². The third kappa shape index (κ3) is 7.88. The molecule has 10 rings (SSSR count). The van der Waals surface area contributed by atoms with Crippen LogP contribution in [-0.4, -0.2) is 120 Å². The average molecular weight is 875 g/mol. The van der Waals surface area contributed by atoms with Gasteiger partial charge in [0.25, 0.3) is 0 Å². The second-order valence-corrected chi connectivity index (χ2v) is 17.5. The predicted octanol–water partition coefficient (Wildman–Crippen LogP) is 6.30. The van der Waals surface area contributed by atoms with Crippen LogP contribution in [0.15, 0.2) is 48.7 Å². The van der Waals surface area contributed by atoms with Crippen LogP contribution in [0.1, 0.15) is 80.7 Å². The molecule has 5 aromatic rings. The number of amides is 4. The van der Waals surface area contributed by atoms with Crippen molar-refractivity contribution in [3.05, 3.63) is 65.9 Å². The van der Waals surface area contributed by atoms with Crippen molar-refractivity contribution >= 4 is 45.8 Å². The molecule has 0 bridgehead atoms. The minimum Gasteiger partial charge on any atom is -0.488 e. The van der Waals surface area contributed by atoms with E-state index in [2.05, 4.69) is 57.0 Å². The Hall–Kier alpha value is -6.20. The summed E-state index contributed by atoms with van der Waals surface area (Å²) < 4.78 is 27.3. The van der Waals surface area contributed by atoms with Gasteiger partial charge in [0.05, 0.1) is 49.2 Å². The summed E-state index contributed by atoms with van der Waals surface area (Å²) in [4.78, 5) is 73.6. The van der Waals surface area contributed by atoms with Gasteiger partial charge < -0.3 is 54.1 Å². The van der Waals surface area contributed by atoms with Crippen molar-refractivity contribution in [2.24, 2.45) is 11.8 Å². The van der Waals surface area contributed by atoms with E-state index in [-0.39, 0.29) is 35.7 Å². The fraction of sp³-hybridized carbons (Fsp3) is 0.489. The van der Waals surface area contributed by atoms with E-state index < -0.39 is 24.3 Å². The molecule has 0 saturated carbocycles.